The van der Waals surface area contributed by atoms with Gasteiger partial charge in [0.1, 0.15) is 23.5 Å². The third-order valence-electron chi connectivity index (χ3n) is 6.24. The molecule has 0 saturated carbocycles. The van der Waals surface area contributed by atoms with Crippen molar-refractivity contribution < 1.29 is 14.9 Å². The summed E-state index contributed by atoms with van der Waals surface area (Å²) in [5, 5.41) is 20.6. The van der Waals surface area contributed by atoms with E-state index < -0.39 is 24.5 Å². The summed E-state index contributed by atoms with van der Waals surface area (Å²) < 4.78 is 7.45. The van der Waals surface area contributed by atoms with Crippen LogP contribution in [0, 0.1) is 5.92 Å². The molecule has 6 heterocycles. The average Bonchev–Trinajstić information content (AvgIpc) is 3.24. The molecule has 2 bridgehead atoms. The second kappa shape index (κ2) is 7.58. The van der Waals surface area contributed by atoms with Crippen LogP contribution in [0.1, 0.15) is 30.8 Å². The second-order valence-corrected chi connectivity index (χ2v) is 8.13. The van der Waals surface area contributed by atoms with Crippen molar-refractivity contribution in [3.8, 4) is 0 Å². The van der Waals surface area contributed by atoms with E-state index in [9.17, 15) is 10.2 Å². The largest absolute Gasteiger partial charge is 0.387 e. The lowest BCUT2D eigenvalue weighted by atomic mass is 9.78. The number of aromatic nitrogens is 4. The second-order valence-electron chi connectivity index (χ2n) is 7.76. The van der Waals surface area contributed by atoms with Crippen LogP contribution in [0.25, 0.3) is 11.2 Å². The minimum absolute atomic E-state index is 0. The summed E-state index contributed by atoms with van der Waals surface area (Å²) in [6, 6.07) is 0. The Morgan fingerprint density at radius 2 is 1.96 bits per heavy atom. The molecule has 6 rings (SSSR count). The van der Waals surface area contributed by atoms with Crippen LogP contribution >= 0.6 is 25.0 Å². The molecule has 4 aliphatic heterocycles. The number of nitrogen functional groups attached to an aromatic ring is 1. The fourth-order valence-electron chi connectivity index (χ4n) is 4.68. The highest BCUT2D eigenvalue weighted by Gasteiger charge is 2.44. The van der Waals surface area contributed by atoms with Crippen LogP contribution in [0.4, 0.5) is 5.82 Å². The van der Waals surface area contributed by atoms with Crippen LogP contribution in [0.15, 0.2) is 6.33 Å². The van der Waals surface area contributed by atoms with E-state index >= 15 is 0 Å². The number of thiol groups is 1. The lowest BCUT2D eigenvalue weighted by molar-refractivity contribution is -0.0288. The molecule has 0 aromatic carbocycles. The number of aliphatic hydroxyl groups excluding tert-OH is 2. The third-order valence-corrected chi connectivity index (χ3v) is 6.60. The summed E-state index contributed by atoms with van der Waals surface area (Å²) in [6.07, 6.45) is 0.428. The van der Waals surface area contributed by atoms with E-state index in [-0.39, 0.29) is 18.3 Å². The third kappa shape index (κ3) is 3.06. The van der Waals surface area contributed by atoms with Gasteiger partial charge in [-0.3, -0.25) is 4.57 Å². The average molecular weight is 429 g/mol. The zero-order chi connectivity index (χ0) is 18.7. The van der Waals surface area contributed by atoms with Gasteiger partial charge in [0.15, 0.2) is 17.7 Å². The lowest BCUT2D eigenvalue weighted by Gasteiger charge is -2.44. The molecular weight excluding hydrogens is 404 g/mol. The number of hydrogen-bond acceptors (Lipinski definition) is 9. The first-order chi connectivity index (χ1) is 13.1. The summed E-state index contributed by atoms with van der Waals surface area (Å²) in [7, 11) is 0. The number of nitrogens with two attached hydrogens (primary N) is 1. The molecule has 4 N–H and O–H groups in total. The van der Waals surface area contributed by atoms with Gasteiger partial charge in [-0.2, -0.15) is 12.6 Å². The summed E-state index contributed by atoms with van der Waals surface area (Å²) in [5.41, 5.74) is 7.20. The number of imidazole rings is 1. The number of rotatable bonds is 3. The molecular formula is C17H25ClN6O3S. The van der Waals surface area contributed by atoms with E-state index in [4.69, 9.17) is 15.5 Å². The van der Waals surface area contributed by atoms with Crippen LogP contribution in [-0.2, 0) is 4.74 Å². The van der Waals surface area contributed by atoms with Crippen molar-refractivity contribution in [2.24, 2.45) is 5.92 Å². The Morgan fingerprint density at radius 1 is 1.21 bits per heavy atom. The normalized spacial score (nSPS) is 37.3. The first-order valence-electron chi connectivity index (χ1n) is 9.41. The van der Waals surface area contributed by atoms with E-state index in [0.29, 0.717) is 28.7 Å². The molecule has 28 heavy (non-hydrogen) atoms. The van der Waals surface area contributed by atoms with Crippen LogP contribution in [0.3, 0.4) is 0 Å². The quantitative estimate of drug-likeness (QED) is 0.511. The molecule has 5 atom stereocenters. The molecule has 11 heteroatoms. The van der Waals surface area contributed by atoms with E-state index in [1.165, 1.54) is 6.33 Å². The van der Waals surface area contributed by atoms with Crippen molar-refractivity contribution in [3.05, 3.63) is 12.2 Å². The SMILES string of the molecule is Cl.Nc1nc(C2CN3CCC2CC3)nc2c1ncn2[C@@H]1O[C@H](CS)[C@@H](O)[C@H]1O. The van der Waals surface area contributed by atoms with Crippen molar-refractivity contribution in [3.63, 3.8) is 0 Å². The van der Waals surface area contributed by atoms with Gasteiger partial charge in [0, 0.05) is 18.2 Å². The molecule has 0 amide bonds. The minimum atomic E-state index is -1.09. The number of anilines is 1. The summed E-state index contributed by atoms with van der Waals surface area (Å²) in [5.74, 6) is 2.21. The summed E-state index contributed by atoms with van der Waals surface area (Å²) in [6.45, 7) is 3.23. The Hall–Kier alpha value is -1.17. The van der Waals surface area contributed by atoms with Gasteiger partial charge in [0.2, 0.25) is 0 Å². The molecule has 9 nitrogen and oxygen atoms in total. The molecule has 2 aromatic heterocycles. The molecule has 0 spiro atoms. The predicted octanol–water partition coefficient (Wildman–Crippen LogP) is 0.188. The van der Waals surface area contributed by atoms with Gasteiger partial charge in [-0.15, -0.1) is 12.4 Å². The fraction of sp³-hybridized carbons (Fsp3) is 0.706. The van der Waals surface area contributed by atoms with Gasteiger partial charge < -0.3 is 25.6 Å². The molecule has 4 fully saturated rings. The van der Waals surface area contributed by atoms with Crippen LogP contribution in [0.5, 0.6) is 0 Å². The zero-order valence-corrected chi connectivity index (χ0v) is 17.0. The molecule has 154 valence electrons. The maximum Gasteiger partial charge on any atom is 0.167 e. The highest BCUT2D eigenvalue weighted by molar-refractivity contribution is 7.80. The van der Waals surface area contributed by atoms with Gasteiger partial charge in [0.25, 0.3) is 0 Å². The molecule has 0 aliphatic carbocycles. The van der Waals surface area contributed by atoms with Gasteiger partial charge >= 0.3 is 0 Å². The number of piperidine rings is 3. The smallest absolute Gasteiger partial charge is 0.167 e. The van der Waals surface area contributed by atoms with Crippen molar-refractivity contribution in [1.29, 1.82) is 0 Å². The van der Waals surface area contributed by atoms with Gasteiger partial charge in [-0.25, -0.2) is 15.0 Å². The fourth-order valence-corrected chi connectivity index (χ4v) is 4.98. The van der Waals surface area contributed by atoms with E-state index in [1.807, 2.05) is 0 Å². The maximum atomic E-state index is 10.4. The Bertz CT molecular complexity index is 861. The predicted molar refractivity (Wildman–Crippen MR) is 109 cm³/mol. The van der Waals surface area contributed by atoms with E-state index in [0.717, 1.165) is 38.3 Å². The van der Waals surface area contributed by atoms with Crippen molar-refractivity contribution in [2.45, 2.75) is 43.3 Å². The van der Waals surface area contributed by atoms with E-state index in [1.54, 1.807) is 4.57 Å². The summed E-state index contributed by atoms with van der Waals surface area (Å²) >= 11 is 4.18. The Balaban J connectivity index is 0.00000192. The zero-order valence-electron chi connectivity index (χ0n) is 15.3. The van der Waals surface area contributed by atoms with Crippen LogP contribution < -0.4 is 5.73 Å². The molecule has 2 aromatic rings. The summed E-state index contributed by atoms with van der Waals surface area (Å²) in [4.78, 5) is 16.1. The van der Waals surface area contributed by atoms with Gasteiger partial charge in [-0.1, -0.05) is 0 Å². The standard InChI is InChI=1S/C17H24N6O3S.ClH/c18-14-11-16(21-15(20-14)9-5-22-3-1-8(9)2-4-22)23(7-19-11)17-13(25)12(24)10(6-27)26-17;/h7-10,12-13,17,24-25,27H,1-6H2,(H2,18,20,21);1H/t9?,10-,12-,13-,17-;/m1./s1. The molecule has 4 aliphatic rings. The van der Waals surface area contributed by atoms with Gasteiger partial charge in [-0.05, 0) is 31.8 Å². The number of ether oxygens (including phenoxy) is 1. The maximum absolute atomic E-state index is 10.4. The highest BCUT2D eigenvalue weighted by Crippen LogP contribution is 2.39. The molecule has 1 unspecified atom stereocenters. The number of halogens is 1. The Morgan fingerprint density at radius 3 is 2.57 bits per heavy atom. The topological polar surface area (TPSA) is 123 Å². The first-order valence-corrected chi connectivity index (χ1v) is 10.0. The number of hydrogen-bond donors (Lipinski definition) is 4. The Labute approximate surface area is 174 Å². The van der Waals surface area contributed by atoms with Crippen molar-refractivity contribution in [1.82, 2.24) is 24.4 Å². The number of aliphatic hydroxyl groups is 2. The molecule has 0 radical (unpaired) electrons. The van der Waals surface area contributed by atoms with Crippen LogP contribution in [-0.4, -0.2) is 78.3 Å². The molecule has 4 saturated heterocycles. The lowest BCUT2D eigenvalue weighted by Crippen LogP contribution is -2.46. The van der Waals surface area contributed by atoms with Crippen molar-refractivity contribution in [2.75, 3.05) is 31.1 Å². The Kier molecular flexibility index (Phi) is 5.45. The van der Waals surface area contributed by atoms with Crippen molar-refractivity contribution >= 4 is 42.0 Å². The first kappa shape index (κ1) is 20.1. The minimum Gasteiger partial charge on any atom is -0.387 e. The number of fused-ring (bicyclic) bond motifs is 4. The number of nitrogens with zero attached hydrogens (tertiary/aromatic N) is 5. The monoisotopic (exact) mass is 428 g/mol. The highest BCUT2D eigenvalue weighted by atomic mass is 35.5. The van der Waals surface area contributed by atoms with Gasteiger partial charge in [0.05, 0.1) is 12.4 Å². The van der Waals surface area contributed by atoms with Crippen LogP contribution in [0.2, 0.25) is 0 Å². The van der Waals surface area contributed by atoms with E-state index in [2.05, 4.69) is 27.5 Å².